The number of fused-ring (bicyclic) bond motifs is 11. The van der Waals surface area contributed by atoms with Gasteiger partial charge in [0.15, 0.2) is 5.43 Å². The molecule has 0 N–H and O–H groups in total. The van der Waals surface area contributed by atoms with Gasteiger partial charge in [-0.15, -0.1) is 0 Å². The lowest BCUT2D eigenvalue weighted by Gasteiger charge is -2.45. The van der Waals surface area contributed by atoms with Crippen molar-refractivity contribution >= 4 is 38.9 Å². The first-order valence-electron chi connectivity index (χ1n) is 21.6. The first-order chi connectivity index (χ1) is 31.0. The van der Waals surface area contributed by atoms with Crippen LogP contribution in [-0.2, 0) is 5.41 Å². The highest BCUT2D eigenvalue weighted by atomic mass is 16.1. The Balaban J connectivity index is 0.919. The maximum atomic E-state index is 14.3. The number of pyridine rings is 1. The number of rotatable bonds is 3. The molecule has 10 aromatic rings. The van der Waals surface area contributed by atoms with E-state index in [0.29, 0.717) is 10.8 Å². The van der Waals surface area contributed by atoms with E-state index >= 15 is 0 Å². The quantitative estimate of drug-likeness (QED) is 0.131. The second-order valence-corrected chi connectivity index (χ2v) is 16.7. The molecule has 9 aromatic carbocycles. The molecule has 0 saturated heterocycles. The Bertz CT molecular complexity index is 3550. The summed E-state index contributed by atoms with van der Waals surface area (Å²) in [4.78, 5) is 16.7. The number of aryl methyl sites for hydroxylation is 2. The van der Waals surface area contributed by atoms with Gasteiger partial charge >= 0.3 is 0 Å². The summed E-state index contributed by atoms with van der Waals surface area (Å²) in [6.45, 7) is 4.26. The molecule has 3 heteroatoms. The zero-order chi connectivity index (χ0) is 42.2. The molecule has 0 radical (unpaired) electrons. The van der Waals surface area contributed by atoms with Gasteiger partial charge in [0.2, 0.25) is 0 Å². The molecular weight excluding hydrogens is 765 g/mol. The van der Waals surface area contributed by atoms with Crippen LogP contribution < -0.4 is 10.3 Å². The molecule has 0 fully saturated rings. The highest BCUT2D eigenvalue weighted by Crippen LogP contribution is 2.63. The van der Waals surface area contributed by atoms with E-state index in [1.165, 1.54) is 44.8 Å². The van der Waals surface area contributed by atoms with Crippen LogP contribution in [0.3, 0.4) is 0 Å². The smallest absolute Gasteiger partial charge is 0.197 e. The Hall–Kier alpha value is -8.19. The van der Waals surface area contributed by atoms with Crippen LogP contribution in [-0.4, -0.2) is 4.57 Å². The molecule has 1 spiro atoms. The van der Waals surface area contributed by atoms with Crippen molar-refractivity contribution in [2.24, 2.45) is 0 Å². The van der Waals surface area contributed by atoms with Gasteiger partial charge in [-0.05, 0) is 136 Å². The summed E-state index contributed by atoms with van der Waals surface area (Å²) in [5, 5.41) is 1.41. The Morgan fingerprint density at radius 1 is 0.429 bits per heavy atom. The van der Waals surface area contributed by atoms with Crippen LogP contribution >= 0.6 is 0 Å². The van der Waals surface area contributed by atoms with Crippen LogP contribution in [0, 0.1) is 25.7 Å². The van der Waals surface area contributed by atoms with E-state index in [2.05, 4.69) is 187 Å². The van der Waals surface area contributed by atoms with E-state index in [1.54, 1.807) is 0 Å². The SMILES string of the molecule is Cc1cc(-c2cccc3c2c(=O)c2ccccc2n3-c2ccccc2)ccc1C#Cc1ccc(N2c3ccccc3C3(c4ccccc4-c4ccccc43)c3ccccc32)cc1C. The van der Waals surface area contributed by atoms with Crippen LogP contribution in [0.25, 0.3) is 49.7 Å². The molecule has 2 aliphatic rings. The summed E-state index contributed by atoms with van der Waals surface area (Å²) in [5.41, 5.74) is 19.7. The lowest BCUT2D eigenvalue weighted by atomic mass is 9.64. The summed E-state index contributed by atoms with van der Waals surface area (Å²) in [6.07, 6.45) is 0. The third kappa shape index (κ3) is 5.38. The maximum Gasteiger partial charge on any atom is 0.197 e. The molecule has 1 aliphatic carbocycles. The zero-order valence-corrected chi connectivity index (χ0v) is 34.9. The summed E-state index contributed by atoms with van der Waals surface area (Å²) in [7, 11) is 0. The van der Waals surface area contributed by atoms with Crippen molar-refractivity contribution < 1.29 is 0 Å². The van der Waals surface area contributed by atoms with Crippen molar-refractivity contribution in [2.45, 2.75) is 19.3 Å². The third-order valence-electron chi connectivity index (χ3n) is 13.3. The predicted octanol–water partition coefficient (Wildman–Crippen LogP) is 14.0. The lowest BCUT2D eigenvalue weighted by molar-refractivity contribution is 0.752. The van der Waals surface area contributed by atoms with E-state index in [9.17, 15) is 4.79 Å². The predicted molar refractivity (Wildman–Crippen MR) is 260 cm³/mol. The molecule has 0 bridgehead atoms. The minimum atomic E-state index is -0.436. The molecule has 1 aliphatic heterocycles. The number of anilines is 3. The molecule has 0 unspecified atom stereocenters. The third-order valence-corrected chi connectivity index (χ3v) is 13.3. The number of hydrogen-bond donors (Lipinski definition) is 0. The maximum absolute atomic E-state index is 14.3. The molecule has 296 valence electrons. The average molecular weight is 805 g/mol. The van der Waals surface area contributed by atoms with Crippen LogP contribution in [0.5, 0.6) is 0 Å². The Labute approximate surface area is 366 Å². The summed E-state index contributed by atoms with van der Waals surface area (Å²) >= 11 is 0. The first kappa shape index (κ1) is 36.6. The van der Waals surface area contributed by atoms with E-state index < -0.39 is 5.41 Å². The summed E-state index contributed by atoms with van der Waals surface area (Å²) < 4.78 is 2.20. The van der Waals surface area contributed by atoms with Crippen LogP contribution in [0.2, 0.25) is 0 Å². The molecule has 12 rings (SSSR count). The summed E-state index contributed by atoms with van der Waals surface area (Å²) in [5.74, 6) is 7.03. The Kier molecular flexibility index (Phi) is 8.26. The molecule has 2 heterocycles. The van der Waals surface area contributed by atoms with Crippen molar-refractivity contribution in [2.75, 3.05) is 4.90 Å². The van der Waals surface area contributed by atoms with Gasteiger partial charge < -0.3 is 9.47 Å². The highest BCUT2D eigenvalue weighted by molar-refractivity contribution is 6.03. The molecule has 63 heavy (non-hydrogen) atoms. The standard InChI is InChI=1S/C60H40N2O/c1-39-37-43(46-22-16-30-57-58(46)59(63)49-21-8-13-27-54(49)61(57)44-17-4-3-5-18-44)34-33-41(39)31-32-42-35-36-45(38-40(42)2)62-55-28-14-11-25-52(55)60(53-26-12-15-29-56(53)62)50-23-9-6-19-47(50)48-20-7-10-24-51(48)60/h3-30,33-38H,1-2H3. The molecule has 0 amide bonds. The normalized spacial score (nSPS) is 13.0. The second-order valence-electron chi connectivity index (χ2n) is 16.7. The van der Waals surface area contributed by atoms with Crippen molar-refractivity contribution in [1.82, 2.24) is 4.57 Å². The van der Waals surface area contributed by atoms with Gasteiger partial charge in [-0.3, -0.25) is 4.79 Å². The van der Waals surface area contributed by atoms with Gasteiger partial charge in [-0.25, -0.2) is 0 Å². The fraction of sp³-hybridized carbons (Fsp3) is 0.0500. The molecular formula is C60H40N2O. The monoisotopic (exact) mass is 804 g/mol. The van der Waals surface area contributed by atoms with Gasteiger partial charge in [0.1, 0.15) is 0 Å². The number of hydrogen-bond acceptors (Lipinski definition) is 2. The zero-order valence-electron chi connectivity index (χ0n) is 34.9. The van der Waals surface area contributed by atoms with Crippen molar-refractivity contribution in [3.63, 3.8) is 0 Å². The van der Waals surface area contributed by atoms with Gasteiger partial charge in [0.25, 0.3) is 0 Å². The van der Waals surface area contributed by atoms with E-state index in [-0.39, 0.29) is 5.43 Å². The summed E-state index contributed by atoms with van der Waals surface area (Å²) in [6, 6.07) is 73.0. The van der Waals surface area contributed by atoms with Crippen LogP contribution in [0.4, 0.5) is 17.1 Å². The number of para-hydroxylation sites is 4. The largest absolute Gasteiger partial charge is 0.310 e. The fourth-order valence-corrected chi connectivity index (χ4v) is 10.6. The minimum absolute atomic E-state index is 0.0362. The Morgan fingerprint density at radius 3 is 1.60 bits per heavy atom. The average Bonchev–Trinajstić information content (AvgIpc) is 3.62. The lowest BCUT2D eigenvalue weighted by Crippen LogP contribution is -2.36. The first-order valence-corrected chi connectivity index (χ1v) is 21.6. The van der Waals surface area contributed by atoms with E-state index in [1.807, 2.05) is 54.6 Å². The van der Waals surface area contributed by atoms with E-state index in [0.717, 1.165) is 55.8 Å². The van der Waals surface area contributed by atoms with Crippen LogP contribution in [0.15, 0.2) is 211 Å². The topological polar surface area (TPSA) is 25.2 Å². The molecule has 0 saturated carbocycles. The minimum Gasteiger partial charge on any atom is -0.310 e. The fourth-order valence-electron chi connectivity index (χ4n) is 10.6. The molecule has 0 atom stereocenters. The van der Waals surface area contributed by atoms with Gasteiger partial charge in [0.05, 0.1) is 33.2 Å². The molecule has 1 aromatic heterocycles. The number of aromatic nitrogens is 1. The van der Waals surface area contributed by atoms with E-state index in [4.69, 9.17) is 0 Å². The number of benzene rings is 9. The number of nitrogens with zero attached hydrogens (tertiary/aromatic N) is 2. The van der Waals surface area contributed by atoms with Gasteiger partial charge in [0, 0.05) is 27.9 Å². The second kappa shape index (κ2) is 14.2. The van der Waals surface area contributed by atoms with Crippen molar-refractivity contribution in [3.8, 4) is 39.8 Å². The van der Waals surface area contributed by atoms with Crippen molar-refractivity contribution in [3.05, 3.63) is 261 Å². The Morgan fingerprint density at radius 2 is 0.952 bits per heavy atom. The van der Waals surface area contributed by atoms with Gasteiger partial charge in [-0.1, -0.05) is 151 Å². The molecule has 3 nitrogen and oxygen atoms in total. The van der Waals surface area contributed by atoms with Crippen molar-refractivity contribution in [1.29, 1.82) is 0 Å². The van der Waals surface area contributed by atoms with Gasteiger partial charge in [-0.2, -0.15) is 0 Å². The highest BCUT2D eigenvalue weighted by Gasteiger charge is 2.51. The van der Waals surface area contributed by atoms with Crippen LogP contribution in [0.1, 0.15) is 44.5 Å².